The Bertz CT molecular complexity index is 1210. The highest BCUT2D eigenvalue weighted by Gasteiger charge is 2.22. The molecule has 0 unspecified atom stereocenters. The first-order valence-electron chi connectivity index (χ1n) is 10.2. The minimum Gasteiger partial charge on any atom is -0.368 e. The summed E-state index contributed by atoms with van der Waals surface area (Å²) in [6.45, 7) is 6.54. The summed E-state index contributed by atoms with van der Waals surface area (Å²) in [5.41, 5.74) is 1.26. The lowest BCUT2D eigenvalue weighted by Crippen LogP contribution is -2.49. The third-order valence-electron chi connectivity index (χ3n) is 5.34. The lowest BCUT2D eigenvalue weighted by atomic mass is 10.2. The molecular formula is C23H22ClFN4O2S. The van der Waals surface area contributed by atoms with E-state index in [2.05, 4.69) is 16.5 Å². The second-order valence-corrected chi connectivity index (χ2v) is 8.77. The third kappa shape index (κ3) is 4.81. The second kappa shape index (κ2) is 9.75. The Hall–Kier alpha value is -2.84. The number of anilines is 1. The minimum atomic E-state index is -0.265. The maximum atomic E-state index is 13.1. The molecular weight excluding hydrogens is 451 g/mol. The van der Waals surface area contributed by atoms with Crippen molar-refractivity contribution >= 4 is 45.9 Å². The number of carbonyl (C=O) groups is 1. The molecule has 1 amide bonds. The number of nitrogens with zero attached hydrogens (tertiary/aromatic N) is 4. The molecule has 166 valence electrons. The number of piperazine rings is 1. The molecule has 2 heterocycles. The van der Waals surface area contributed by atoms with Gasteiger partial charge in [-0.05, 0) is 42.5 Å². The number of halogens is 2. The Labute approximate surface area is 194 Å². The van der Waals surface area contributed by atoms with Gasteiger partial charge in [0.1, 0.15) is 5.82 Å². The molecule has 1 aromatic heterocycles. The van der Waals surface area contributed by atoms with Crippen LogP contribution >= 0.6 is 23.4 Å². The summed E-state index contributed by atoms with van der Waals surface area (Å²) >= 11 is 7.30. The highest BCUT2D eigenvalue weighted by Crippen LogP contribution is 2.22. The zero-order chi connectivity index (χ0) is 22.7. The molecule has 4 rings (SSSR count). The molecule has 0 spiro atoms. The summed E-state index contributed by atoms with van der Waals surface area (Å²) < 4.78 is 14.7. The number of hydrogen-bond acceptors (Lipinski definition) is 5. The van der Waals surface area contributed by atoms with Crippen LogP contribution in [0, 0.1) is 5.82 Å². The van der Waals surface area contributed by atoms with E-state index in [-0.39, 0.29) is 23.0 Å². The fourth-order valence-corrected chi connectivity index (χ4v) is 4.74. The Kier molecular flexibility index (Phi) is 6.81. The van der Waals surface area contributed by atoms with Crippen LogP contribution in [-0.4, -0.2) is 52.3 Å². The van der Waals surface area contributed by atoms with E-state index in [1.165, 1.54) is 28.5 Å². The Morgan fingerprint density at radius 2 is 1.88 bits per heavy atom. The molecule has 3 aromatic rings. The number of allylic oxidation sites excluding steroid dienone is 1. The van der Waals surface area contributed by atoms with E-state index >= 15 is 0 Å². The zero-order valence-corrected chi connectivity index (χ0v) is 18.9. The van der Waals surface area contributed by atoms with E-state index in [1.807, 2.05) is 0 Å². The van der Waals surface area contributed by atoms with Gasteiger partial charge in [0.2, 0.25) is 5.91 Å². The summed E-state index contributed by atoms with van der Waals surface area (Å²) in [5.74, 6) is -0.106. The quantitative estimate of drug-likeness (QED) is 0.310. The summed E-state index contributed by atoms with van der Waals surface area (Å²) in [7, 11) is 0. The number of fused-ring (bicyclic) bond motifs is 1. The predicted molar refractivity (Wildman–Crippen MR) is 127 cm³/mol. The first-order chi connectivity index (χ1) is 15.5. The van der Waals surface area contributed by atoms with Gasteiger partial charge in [-0.1, -0.05) is 29.4 Å². The number of rotatable bonds is 6. The molecule has 0 atom stereocenters. The standard InChI is InChI=1S/C23H22ClFN4O2S/c1-2-9-29-22(31)19-8-3-16(24)14-20(19)26-23(29)32-15-21(30)28-12-10-27(11-13-28)18-6-4-17(25)5-7-18/h2-8,14H,1,9-13,15H2. The number of carbonyl (C=O) groups excluding carboxylic acids is 1. The molecule has 1 aliphatic rings. The van der Waals surface area contributed by atoms with Crippen molar-refractivity contribution in [3.8, 4) is 0 Å². The number of hydrogen-bond donors (Lipinski definition) is 0. The van der Waals surface area contributed by atoms with Crippen molar-refractivity contribution in [3.05, 3.63) is 76.3 Å². The fraction of sp³-hybridized carbons (Fsp3) is 0.261. The van der Waals surface area contributed by atoms with Gasteiger partial charge in [-0.25, -0.2) is 9.37 Å². The largest absolute Gasteiger partial charge is 0.368 e. The van der Waals surface area contributed by atoms with Crippen molar-refractivity contribution in [2.45, 2.75) is 11.7 Å². The van der Waals surface area contributed by atoms with Crippen molar-refractivity contribution in [3.63, 3.8) is 0 Å². The Morgan fingerprint density at radius 3 is 2.56 bits per heavy atom. The van der Waals surface area contributed by atoms with Gasteiger partial charge in [0.25, 0.3) is 5.56 Å². The molecule has 0 saturated carbocycles. The molecule has 1 aliphatic heterocycles. The predicted octanol–water partition coefficient (Wildman–Crippen LogP) is 3.82. The van der Waals surface area contributed by atoms with Crippen LogP contribution in [0.3, 0.4) is 0 Å². The lowest BCUT2D eigenvalue weighted by Gasteiger charge is -2.36. The van der Waals surface area contributed by atoms with E-state index in [9.17, 15) is 14.0 Å². The monoisotopic (exact) mass is 472 g/mol. The van der Waals surface area contributed by atoms with Crippen molar-refractivity contribution in [1.82, 2.24) is 14.5 Å². The first kappa shape index (κ1) is 22.4. The van der Waals surface area contributed by atoms with Gasteiger partial charge < -0.3 is 9.80 Å². The van der Waals surface area contributed by atoms with E-state index in [4.69, 9.17) is 11.6 Å². The number of aromatic nitrogens is 2. The molecule has 0 radical (unpaired) electrons. The molecule has 1 saturated heterocycles. The van der Waals surface area contributed by atoms with Crippen LogP contribution in [0.2, 0.25) is 5.02 Å². The fourth-order valence-electron chi connectivity index (χ4n) is 3.66. The number of amides is 1. The van der Waals surface area contributed by atoms with Crippen LogP contribution in [0.1, 0.15) is 0 Å². The van der Waals surface area contributed by atoms with E-state index in [0.29, 0.717) is 53.8 Å². The van der Waals surface area contributed by atoms with Gasteiger partial charge in [-0.2, -0.15) is 0 Å². The van der Waals surface area contributed by atoms with Crippen molar-refractivity contribution in [1.29, 1.82) is 0 Å². The van der Waals surface area contributed by atoms with Crippen LogP contribution in [0.5, 0.6) is 0 Å². The van der Waals surface area contributed by atoms with Gasteiger partial charge in [0.15, 0.2) is 5.16 Å². The van der Waals surface area contributed by atoms with E-state index in [1.54, 1.807) is 41.3 Å². The maximum absolute atomic E-state index is 13.1. The Morgan fingerprint density at radius 1 is 1.16 bits per heavy atom. The van der Waals surface area contributed by atoms with Gasteiger partial charge >= 0.3 is 0 Å². The molecule has 1 fully saturated rings. The average molecular weight is 473 g/mol. The van der Waals surface area contributed by atoms with E-state index in [0.717, 1.165) is 5.69 Å². The maximum Gasteiger partial charge on any atom is 0.262 e. The molecule has 6 nitrogen and oxygen atoms in total. The molecule has 0 N–H and O–H groups in total. The molecule has 9 heteroatoms. The Balaban J connectivity index is 1.43. The van der Waals surface area contributed by atoms with Crippen LogP contribution < -0.4 is 10.5 Å². The van der Waals surface area contributed by atoms with Crippen LogP contribution in [0.4, 0.5) is 10.1 Å². The molecule has 32 heavy (non-hydrogen) atoms. The average Bonchev–Trinajstić information content (AvgIpc) is 2.80. The van der Waals surface area contributed by atoms with Gasteiger partial charge in [-0.3, -0.25) is 14.2 Å². The third-order valence-corrected chi connectivity index (χ3v) is 6.54. The van der Waals surface area contributed by atoms with Crippen LogP contribution in [0.15, 0.2) is 65.1 Å². The molecule has 2 aromatic carbocycles. The van der Waals surface area contributed by atoms with Gasteiger partial charge in [0.05, 0.1) is 16.7 Å². The summed E-state index contributed by atoms with van der Waals surface area (Å²) in [6, 6.07) is 11.3. The highest BCUT2D eigenvalue weighted by atomic mass is 35.5. The van der Waals surface area contributed by atoms with Crippen molar-refractivity contribution in [2.24, 2.45) is 0 Å². The second-order valence-electron chi connectivity index (χ2n) is 7.39. The van der Waals surface area contributed by atoms with Crippen LogP contribution in [0.25, 0.3) is 10.9 Å². The number of benzene rings is 2. The van der Waals surface area contributed by atoms with Gasteiger partial charge in [-0.15, -0.1) is 6.58 Å². The smallest absolute Gasteiger partial charge is 0.262 e. The molecule has 0 bridgehead atoms. The topological polar surface area (TPSA) is 58.4 Å². The number of thioether (sulfide) groups is 1. The lowest BCUT2D eigenvalue weighted by molar-refractivity contribution is -0.128. The van der Waals surface area contributed by atoms with E-state index < -0.39 is 0 Å². The first-order valence-corrected chi connectivity index (χ1v) is 11.5. The summed E-state index contributed by atoms with van der Waals surface area (Å²) in [6.07, 6.45) is 1.63. The zero-order valence-electron chi connectivity index (χ0n) is 17.3. The van der Waals surface area contributed by atoms with Crippen molar-refractivity contribution in [2.75, 3.05) is 36.8 Å². The summed E-state index contributed by atoms with van der Waals surface area (Å²) in [5, 5.41) is 1.43. The normalized spacial score (nSPS) is 14.1. The summed E-state index contributed by atoms with van der Waals surface area (Å²) in [4.78, 5) is 34.2. The molecule has 0 aliphatic carbocycles. The van der Waals surface area contributed by atoms with Crippen molar-refractivity contribution < 1.29 is 9.18 Å². The SMILES string of the molecule is C=CCn1c(SCC(=O)N2CCN(c3ccc(F)cc3)CC2)nc2cc(Cl)ccc2c1=O. The van der Waals surface area contributed by atoms with Crippen LogP contribution in [-0.2, 0) is 11.3 Å². The van der Waals surface area contributed by atoms with Gasteiger partial charge in [0, 0.05) is 43.4 Å². The minimum absolute atomic E-state index is 0.0145. The highest BCUT2D eigenvalue weighted by molar-refractivity contribution is 7.99.